The number of halogens is 2. The molecule has 3 N–H and O–H groups in total. The van der Waals surface area contributed by atoms with E-state index in [1.807, 2.05) is 42.5 Å². The minimum Gasteiger partial charge on any atom is -0.503 e. The maximum atomic E-state index is 14.4. The first-order valence-electron chi connectivity index (χ1n) is 8.11. The lowest BCUT2D eigenvalue weighted by Crippen LogP contribution is -2.11. The van der Waals surface area contributed by atoms with Gasteiger partial charge < -0.3 is 10.8 Å². The molecule has 26 heavy (non-hydrogen) atoms. The van der Waals surface area contributed by atoms with Crippen molar-refractivity contribution in [1.29, 1.82) is 0 Å². The maximum absolute atomic E-state index is 14.4. The maximum Gasteiger partial charge on any atom is 0.217 e. The van der Waals surface area contributed by atoms with E-state index in [1.165, 1.54) is 6.07 Å². The van der Waals surface area contributed by atoms with E-state index in [0.717, 1.165) is 17.2 Å². The molecule has 3 aromatic rings. The first-order chi connectivity index (χ1) is 12.5. The third kappa shape index (κ3) is 3.57. The van der Waals surface area contributed by atoms with Crippen molar-refractivity contribution in [3.05, 3.63) is 77.9 Å². The fraction of sp³-hybridized carbons (Fsp3) is 0.0952. The number of carbonyl (C=O) groups is 1. The van der Waals surface area contributed by atoms with E-state index in [9.17, 15) is 18.7 Å². The standard InChI is InChI=1S/C21H17F2NO2/c22-18-10-9-17(20(23)21(18)26)16-8-6-14(13-4-2-1-3-5-13)12-15(16)7-11-19(24)25/h1-6,8-10,12,26H,7,11H2,(H2,24,25). The molecule has 0 aliphatic heterocycles. The summed E-state index contributed by atoms with van der Waals surface area (Å²) in [6.07, 6.45) is 0.406. The van der Waals surface area contributed by atoms with Crippen LogP contribution < -0.4 is 5.73 Å². The summed E-state index contributed by atoms with van der Waals surface area (Å²) >= 11 is 0. The Morgan fingerprint density at radius 3 is 2.31 bits per heavy atom. The predicted octanol–water partition coefficient (Wildman–Crippen LogP) is 4.42. The second-order valence-corrected chi connectivity index (χ2v) is 5.96. The topological polar surface area (TPSA) is 63.3 Å². The van der Waals surface area contributed by atoms with Crippen molar-refractivity contribution in [2.75, 3.05) is 0 Å². The van der Waals surface area contributed by atoms with Crippen molar-refractivity contribution in [3.8, 4) is 28.0 Å². The first-order valence-corrected chi connectivity index (χ1v) is 8.11. The van der Waals surface area contributed by atoms with Crippen LogP contribution in [0.15, 0.2) is 60.7 Å². The van der Waals surface area contributed by atoms with Gasteiger partial charge in [0.15, 0.2) is 17.4 Å². The number of phenols is 1. The molecular formula is C21H17F2NO2. The minimum absolute atomic E-state index is 0.0722. The van der Waals surface area contributed by atoms with Crippen molar-refractivity contribution >= 4 is 5.91 Å². The van der Waals surface area contributed by atoms with Crippen LogP contribution in [0.2, 0.25) is 0 Å². The van der Waals surface area contributed by atoms with Crippen LogP contribution in [0.25, 0.3) is 22.3 Å². The Balaban J connectivity index is 2.12. The van der Waals surface area contributed by atoms with Gasteiger partial charge in [0, 0.05) is 12.0 Å². The van der Waals surface area contributed by atoms with Gasteiger partial charge in [0.1, 0.15) is 0 Å². The molecule has 3 rings (SSSR count). The lowest BCUT2D eigenvalue weighted by Gasteiger charge is -2.14. The summed E-state index contributed by atoms with van der Waals surface area (Å²) in [7, 11) is 0. The van der Waals surface area contributed by atoms with E-state index >= 15 is 0 Å². The van der Waals surface area contributed by atoms with Crippen LogP contribution in [0.3, 0.4) is 0 Å². The molecule has 3 nitrogen and oxygen atoms in total. The summed E-state index contributed by atoms with van der Waals surface area (Å²) in [4.78, 5) is 11.2. The van der Waals surface area contributed by atoms with Crippen molar-refractivity contribution in [2.45, 2.75) is 12.8 Å². The van der Waals surface area contributed by atoms with Gasteiger partial charge in [-0.2, -0.15) is 0 Å². The van der Waals surface area contributed by atoms with E-state index in [2.05, 4.69) is 0 Å². The van der Waals surface area contributed by atoms with E-state index in [-0.39, 0.29) is 12.0 Å². The van der Waals surface area contributed by atoms with E-state index < -0.39 is 23.3 Å². The number of primary amides is 1. The summed E-state index contributed by atoms with van der Waals surface area (Å²) in [5.41, 5.74) is 8.37. The average Bonchev–Trinajstić information content (AvgIpc) is 2.65. The number of amides is 1. The molecule has 0 fully saturated rings. The zero-order valence-corrected chi connectivity index (χ0v) is 13.9. The number of aryl methyl sites for hydroxylation is 1. The Morgan fingerprint density at radius 2 is 1.62 bits per heavy atom. The van der Waals surface area contributed by atoms with Crippen LogP contribution in [0, 0.1) is 11.6 Å². The number of hydrogen-bond donors (Lipinski definition) is 2. The number of rotatable bonds is 5. The van der Waals surface area contributed by atoms with Crippen LogP contribution in [0.5, 0.6) is 5.75 Å². The summed E-state index contributed by atoms with van der Waals surface area (Å²) in [6, 6.07) is 17.3. The average molecular weight is 353 g/mol. The van der Waals surface area contributed by atoms with Crippen LogP contribution in [-0.4, -0.2) is 11.0 Å². The Bertz CT molecular complexity index is 956. The Labute approximate surface area is 149 Å². The molecule has 3 aromatic carbocycles. The van der Waals surface area contributed by atoms with Gasteiger partial charge in [-0.05, 0) is 40.8 Å². The number of benzene rings is 3. The van der Waals surface area contributed by atoms with Gasteiger partial charge in [0.2, 0.25) is 5.91 Å². The fourth-order valence-corrected chi connectivity index (χ4v) is 2.88. The van der Waals surface area contributed by atoms with Crippen LogP contribution in [0.4, 0.5) is 8.78 Å². The highest BCUT2D eigenvalue weighted by molar-refractivity contribution is 5.77. The molecule has 0 heterocycles. The second-order valence-electron chi connectivity index (χ2n) is 5.96. The molecule has 0 bridgehead atoms. The van der Waals surface area contributed by atoms with Crippen molar-refractivity contribution in [1.82, 2.24) is 0 Å². The highest BCUT2D eigenvalue weighted by Gasteiger charge is 2.17. The fourth-order valence-electron chi connectivity index (χ4n) is 2.88. The number of carbonyl (C=O) groups excluding carboxylic acids is 1. The van der Waals surface area contributed by atoms with Gasteiger partial charge in [-0.25, -0.2) is 8.78 Å². The lowest BCUT2D eigenvalue weighted by atomic mass is 9.92. The first kappa shape index (κ1) is 17.6. The Morgan fingerprint density at radius 1 is 0.923 bits per heavy atom. The molecule has 0 saturated carbocycles. The molecule has 0 aliphatic rings. The molecule has 0 atom stereocenters. The van der Waals surface area contributed by atoms with Crippen LogP contribution >= 0.6 is 0 Å². The third-order valence-corrected chi connectivity index (χ3v) is 4.21. The summed E-state index contributed by atoms with van der Waals surface area (Å²) in [5, 5.41) is 9.57. The molecule has 0 unspecified atom stereocenters. The molecule has 0 saturated heterocycles. The zero-order chi connectivity index (χ0) is 18.7. The van der Waals surface area contributed by atoms with Crippen molar-refractivity contribution in [3.63, 3.8) is 0 Å². The number of nitrogens with two attached hydrogens (primary N) is 1. The van der Waals surface area contributed by atoms with Gasteiger partial charge in [0.05, 0.1) is 0 Å². The van der Waals surface area contributed by atoms with E-state index in [1.54, 1.807) is 6.07 Å². The molecule has 0 aromatic heterocycles. The minimum atomic E-state index is -1.03. The van der Waals surface area contributed by atoms with Crippen LogP contribution in [0.1, 0.15) is 12.0 Å². The Kier molecular flexibility index (Phi) is 4.98. The smallest absolute Gasteiger partial charge is 0.217 e. The normalized spacial score (nSPS) is 10.7. The second kappa shape index (κ2) is 7.35. The third-order valence-electron chi connectivity index (χ3n) is 4.21. The van der Waals surface area contributed by atoms with Gasteiger partial charge >= 0.3 is 0 Å². The van der Waals surface area contributed by atoms with Crippen molar-refractivity contribution < 1.29 is 18.7 Å². The van der Waals surface area contributed by atoms with E-state index in [4.69, 9.17) is 5.73 Å². The SMILES string of the molecule is NC(=O)CCc1cc(-c2ccccc2)ccc1-c1ccc(F)c(O)c1F. The van der Waals surface area contributed by atoms with Crippen molar-refractivity contribution in [2.24, 2.45) is 5.73 Å². The van der Waals surface area contributed by atoms with E-state index in [0.29, 0.717) is 17.5 Å². The quantitative estimate of drug-likeness (QED) is 0.713. The van der Waals surface area contributed by atoms with Crippen LogP contribution in [-0.2, 0) is 11.2 Å². The lowest BCUT2D eigenvalue weighted by molar-refractivity contribution is -0.117. The highest BCUT2D eigenvalue weighted by Crippen LogP contribution is 2.35. The molecule has 1 amide bonds. The summed E-state index contributed by atoms with van der Waals surface area (Å²) in [5.74, 6) is -3.54. The summed E-state index contributed by atoms with van der Waals surface area (Å²) < 4.78 is 27.7. The Hall–Kier alpha value is -3.21. The number of phenolic OH excluding ortho intramolecular Hbond substituents is 1. The zero-order valence-electron chi connectivity index (χ0n) is 13.9. The molecule has 0 spiro atoms. The highest BCUT2D eigenvalue weighted by atomic mass is 19.1. The summed E-state index contributed by atoms with van der Waals surface area (Å²) in [6.45, 7) is 0. The molecule has 0 aliphatic carbocycles. The molecular weight excluding hydrogens is 336 g/mol. The predicted molar refractivity (Wildman–Crippen MR) is 96.4 cm³/mol. The van der Waals surface area contributed by atoms with Gasteiger partial charge in [0.25, 0.3) is 0 Å². The molecule has 0 radical (unpaired) electrons. The number of aromatic hydroxyl groups is 1. The van der Waals surface area contributed by atoms with Gasteiger partial charge in [-0.1, -0.05) is 48.5 Å². The largest absolute Gasteiger partial charge is 0.503 e. The monoisotopic (exact) mass is 353 g/mol. The van der Waals surface area contributed by atoms with Gasteiger partial charge in [-0.3, -0.25) is 4.79 Å². The molecule has 5 heteroatoms. The molecule has 132 valence electrons. The number of hydrogen-bond acceptors (Lipinski definition) is 2. The van der Waals surface area contributed by atoms with Gasteiger partial charge in [-0.15, -0.1) is 0 Å².